The zero-order valence-corrected chi connectivity index (χ0v) is 15.9. The number of aliphatic hydroxyl groups is 5. The molecular weight excluding hydrogens is 394 g/mol. The van der Waals surface area contributed by atoms with Crippen molar-refractivity contribution in [2.24, 2.45) is 0 Å². The summed E-state index contributed by atoms with van der Waals surface area (Å²) >= 11 is 0. The number of aromatic hydroxyl groups is 1. The maximum atomic E-state index is 11.4. The fraction of sp³-hybridized carbons (Fsp3) is 0.333. The second-order valence-electron chi connectivity index (χ2n) is 7.28. The number of hydrogen-bond donors (Lipinski definition) is 6. The highest BCUT2D eigenvalue weighted by Gasteiger charge is 2.64. The highest BCUT2D eigenvalue weighted by atomic mass is 16.8. The van der Waals surface area contributed by atoms with Gasteiger partial charge in [-0.25, -0.2) is 0 Å². The van der Waals surface area contributed by atoms with Crippen LogP contribution in [0.1, 0.15) is 5.56 Å². The van der Waals surface area contributed by atoms with Gasteiger partial charge in [-0.3, -0.25) is 0 Å². The molecule has 1 aliphatic heterocycles. The molecule has 6 N–H and O–H groups in total. The summed E-state index contributed by atoms with van der Waals surface area (Å²) in [7, 11) is 0. The first-order valence-electron chi connectivity index (χ1n) is 9.36. The van der Waals surface area contributed by atoms with Crippen LogP contribution in [0.25, 0.3) is 10.9 Å². The third kappa shape index (κ3) is 3.08. The van der Waals surface area contributed by atoms with E-state index in [9.17, 15) is 30.6 Å². The molecule has 0 radical (unpaired) electrons. The molecule has 1 aliphatic rings. The van der Waals surface area contributed by atoms with Gasteiger partial charge in [0.1, 0.15) is 12.4 Å². The van der Waals surface area contributed by atoms with Gasteiger partial charge in [-0.05, 0) is 17.7 Å². The zero-order valence-electron chi connectivity index (χ0n) is 15.9. The Hall–Kier alpha value is -2.50. The third-order valence-corrected chi connectivity index (χ3v) is 5.47. The van der Waals surface area contributed by atoms with Gasteiger partial charge in [0.15, 0.2) is 18.5 Å². The largest absolute Gasteiger partial charge is 0.506 e. The van der Waals surface area contributed by atoms with E-state index < -0.39 is 36.6 Å². The van der Waals surface area contributed by atoms with E-state index in [4.69, 9.17) is 9.47 Å². The number of hydrogen-bond acceptors (Lipinski definition) is 8. The predicted molar refractivity (Wildman–Crippen MR) is 104 cm³/mol. The molecule has 4 rings (SSSR count). The van der Waals surface area contributed by atoms with Gasteiger partial charge in [-0.1, -0.05) is 42.5 Å². The Morgan fingerprint density at radius 2 is 1.67 bits per heavy atom. The molecule has 9 nitrogen and oxygen atoms in total. The molecule has 30 heavy (non-hydrogen) atoms. The van der Waals surface area contributed by atoms with E-state index in [1.807, 2.05) is 0 Å². The van der Waals surface area contributed by atoms with Gasteiger partial charge in [-0.2, -0.15) is 0 Å². The molecule has 5 atom stereocenters. The molecule has 0 aliphatic carbocycles. The lowest BCUT2D eigenvalue weighted by Crippen LogP contribution is -2.73. The van der Waals surface area contributed by atoms with Crippen molar-refractivity contribution in [1.82, 2.24) is 4.57 Å². The Bertz CT molecular complexity index is 1020. The standard InChI is InChI=1S/C21H23NO8/c23-12-20(29-11-13-6-2-1-3-7-13)19(27)21(28,17(25)18(26)30-20)22-10-16(24)14-8-4-5-9-15(14)22/h1-10,17-19,23-28H,11-12H2/t17-,18-,19+,20+,21+/m0/s1. The number of aliphatic hydroxyl groups excluding tert-OH is 4. The maximum Gasteiger partial charge on any atom is 0.226 e. The molecule has 1 saturated heterocycles. The van der Waals surface area contributed by atoms with Crippen molar-refractivity contribution in [3.63, 3.8) is 0 Å². The van der Waals surface area contributed by atoms with Crippen molar-refractivity contribution in [3.8, 4) is 5.75 Å². The van der Waals surface area contributed by atoms with E-state index >= 15 is 0 Å². The van der Waals surface area contributed by atoms with Gasteiger partial charge in [0, 0.05) is 11.6 Å². The van der Waals surface area contributed by atoms with Crippen molar-refractivity contribution in [1.29, 1.82) is 0 Å². The Morgan fingerprint density at radius 3 is 2.37 bits per heavy atom. The van der Waals surface area contributed by atoms with E-state index in [1.165, 1.54) is 0 Å². The number of fused-ring (bicyclic) bond motifs is 1. The highest BCUT2D eigenvalue weighted by molar-refractivity contribution is 5.86. The molecule has 9 heteroatoms. The third-order valence-electron chi connectivity index (χ3n) is 5.47. The van der Waals surface area contributed by atoms with Crippen molar-refractivity contribution in [3.05, 3.63) is 66.4 Å². The first kappa shape index (κ1) is 20.8. The molecule has 0 spiro atoms. The SMILES string of the molecule is OC[C@@]1(OCc2ccccc2)O[C@H](O)[C@H](O)[C@](O)(n2cc(O)c3ccccc32)[C@@H]1O. The highest BCUT2D eigenvalue weighted by Crippen LogP contribution is 2.43. The summed E-state index contributed by atoms with van der Waals surface area (Å²) in [5.41, 5.74) is -1.63. The molecule has 2 heterocycles. The topological polar surface area (TPSA) is 145 Å². The summed E-state index contributed by atoms with van der Waals surface area (Å²) in [5.74, 6) is -2.47. The fourth-order valence-corrected chi connectivity index (χ4v) is 3.82. The average molecular weight is 417 g/mol. The van der Waals surface area contributed by atoms with Crippen LogP contribution in [0.4, 0.5) is 0 Å². The summed E-state index contributed by atoms with van der Waals surface area (Å²) in [6.45, 7) is -1.05. The van der Waals surface area contributed by atoms with Gasteiger partial charge in [-0.15, -0.1) is 0 Å². The summed E-state index contributed by atoms with van der Waals surface area (Å²) in [6.07, 6.45) is -4.96. The lowest BCUT2D eigenvalue weighted by molar-refractivity contribution is -0.440. The number of rotatable bonds is 5. The maximum absolute atomic E-state index is 11.4. The minimum absolute atomic E-state index is 0.116. The second-order valence-corrected chi connectivity index (χ2v) is 7.28. The molecule has 0 bridgehead atoms. The normalized spacial score (nSPS) is 31.8. The van der Waals surface area contributed by atoms with Crippen LogP contribution in [0.15, 0.2) is 60.8 Å². The van der Waals surface area contributed by atoms with Crippen LogP contribution >= 0.6 is 0 Å². The van der Waals surface area contributed by atoms with Crippen molar-refractivity contribution >= 4 is 10.9 Å². The Labute approximate surface area is 171 Å². The summed E-state index contributed by atoms with van der Waals surface area (Å²) < 4.78 is 11.9. The first-order chi connectivity index (χ1) is 14.3. The molecular formula is C21H23NO8. The van der Waals surface area contributed by atoms with Crippen LogP contribution in [0, 0.1) is 0 Å². The van der Waals surface area contributed by atoms with Crippen molar-refractivity contribution in [2.45, 2.75) is 36.6 Å². The molecule has 2 aromatic carbocycles. The van der Waals surface area contributed by atoms with Gasteiger partial charge in [0.05, 0.1) is 12.1 Å². The molecule has 160 valence electrons. The van der Waals surface area contributed by atoms with Crippen LogP contribution < -0.4 is 0 Å². The number of para-hydroxylation sites is 1. The predicted octanol–water partition coefficient (Wildman–Crippen LogP) is -0.0322. The van der Waals surface area contributed by atoms with E-state index in [0.717, 1.165) is 10.8 Å². The van der Waals surface area contributed by atoms with Crippen LogP contribution in [0.3, 0.4) is 0 Å². The van der Waals surface area contributed by atoms with Crippen molar-refractivity contribution < 1.29 is 40.1 Å². The van der Waals surface area contributed by atoms with Gasteiger partial charge >= 0.3 is 0 Å². The summed E-state index contributed by atoms with van der Waals surface area (Å²) in [5, 5.41) is 64.1. The minimum Gasteiger partial charge on any atom is -0.506 e. The lowest BCUT2D eigenvalue weighted by atomic mass is 9.88. The van der Waals surface area contributed by atoms with Crippen LogP contribution in [0.5, 0.6) is 5.75 Å². The van der Waals surface area contributed by atoms with Gasteiger partial charge in [0.2, 0.25) is 11.5 Å². The van der Waals surface area contributed by atoms with E-state index in [-0.39, 0.29) is 17.9 Å². The lowest BCUT2D eigenvalue weighted by Gasteiger charge is -2.52. The van der Waals surface area contributed by atoms with Crippen molar-refractivity contribution in [2.75, 3.05) is 6.61 Å². The number of ether oxygens (including phenoxy) is 2. The monoisotopic (exact) mass is 417 g/mol. The van der Waals surface area contributed by atoms with Gasteiger partial charge < -0.3 is 44.7 Å². The van der Waals surface area contributed by atoms with Gasteiger partial charge in [0.25, 0.3) is 0 Å². The molecule has 0 amide bonds. The van der Waals surface area contributed by atoms with E-state index in [1.54, 1.807) is 54.6 Å². The molecule has 1 fully saturated rings. The summed E-state index contributed by atoms with van der Waals surface area (Å²) in [6, 6.07) is 15.3. The molecule has 3 aromatic rings. The van der Waals surface area contributed by atoms with E-state index in [0.29, 0.717) is 10.9 Å². The number of nitrogens with zero attached hydrogens (tertiary/aromatic N) is 1. The number of aromatic nitrogens is 1. The van der Waals surface area contributed by atoms with Crippen LogP contribution in [-0.2, 0) is 21.8 Å². The Balaban J connectivity index is 1.78. The fourth-order valence-electron chi connectivity index (χ4n) is 3.82. The van der Waals surface area contributed by atoms with Crippen LogP contribution in [0.2, 0.25) is 0 Å². The quantitative estimate of drug-likeness (QED) is 0.339. The first-order valence-corrected chi connectivity index (χ1v) is 9.36. The smallest absolute Gasteiger partial charge is 0.226 e. The zero-order chi connectivity index (χ0) is 21.5. The number of benzene rings is 2. The molecule has 0 unspecified atom stereocenters. The van der Waals surface area contributed by atoms with E-state index in [2.05, 4.69) is 0 Å². The molecule has 1 aromatic heterocycles. The second kappa shape index (κ2) is 7.64. The minimum atomic E-state index is -2.60. The Kier molecular flexibility index (Phi) is 5.28. The Morgan fingerprint density at radius 1 is 1.00 bits per heavy atom. The average Bonchev–Trinajstić information content (AvgIpc) is 3.12. The summed E-state index contributed by atoms with van der Waals surface area (Å²) in [4.78, 5) is 0. The molecule has 0 saturated carbocycles. The van der Waals surface area contributed by atoms with Crippen LogP contribution in [-0.4, -0.2) is 66.1 Å².